The van der Waals surface area contributed by atoms with Crippen LogP contribution in [0.2, 0.25) is 0 Å². The summed E-state index contributed by atoms with van der Waals surface area (Å²) >= 11 is 0.951. The monoisotopic (exact) mass is 468 g/mol. The van der Waals surface area contributed by atoms with E-state index in [0.717, 1.165) is 45.6 Å². The summed E-state index contributed by atoms with van der Waals surface area (Å²) < 4.78 is 13.9. The number of nitrogens with zero attached hydrogens (tertiary/aromatic N) is 3. The number of thioether (sulfide) groups is 1. The number of hydrazine groups is 1. The number of aromatic nitrogens is 1. The number of benzene rings is 2. The summed E-state index contributed by atoms with van der Waals surface area (Å²) in [6, 6.07) is 14.9. The zero-order chi connectivity index (χ0) is 23.8. The minimum Gasteiger partial charge on any atom is -0.478 e. The Kier molecular flexibility index (Phi) is 7.95. The highest BCUT2D eigenvalue weighted by atomic mass is 32.2. The van der Waals surface area contributed by atoms with Gasteiger partial charge in [-0.05, 0) is 47.0 Å². The molecule has 1 heterocycles. The number of nitrogens with one attached hydrogen (secondary N) is 1. The lowest BCUT2D eigenvalue weighted by Crippen LogP contribution is -2.37. The third kappa shape index (κ3) is 6.28. The lowest BCUT2D eigenvalue weighted by molar-refractivity contribution is -0.118. The van der Waals surface area contributed by atoms with Crippen LogP contribution in [0.25, 0.3) is 11.1 Å². The number of hydrogen-bond acceptors (Lipinski definition) is 7. The number of aromatic carboxylic acids is 1. The highest BCUT2D eigenvalue weighted by molar-refractivity contribution is 8.14. The molecule has 0 unspecified atom stereocenters. The third-order valence-corrected chi connectivity index (χ3v) is 5.49. The molecule has 0 saturated carbocycles. The fraction of sp³-hybridized carbons (Fsp3) is 0.0909. The number of carboxylic acids is 1. The first-order valence-electron chi connectivity index (χ1n) is 9.63. The predicted octanol–water partition coefficient (Wildman–Crippen LogP) is 2.55. The number of hydrazone groups is 1. The van der Waals surface area contributed by atoms with Crippen molar-refractivity contribution in [2.24, 2.45) is 16.8 Å². The van der Waals surface area contributed by atoms with E-state index >= 15 is 0 Å². The van der Waals surface area contributed by atoms with Crippen LogP contribution in [0, 0.1) is 5.82 Å². The number of hydrogen-bond donors (Lipinski definition) is 4. The smallest absolute Gasteiger partial charge is 0.338 e. The molecule has 1 aromatic heterocycles. The van der Waals surface area contributed by atoms with Crippen LogP contribution >= 0.6 is 11.8 Å². The molecule has 0 radical (unpaired) electrons. The highest BCUT2D eigenvalue weighted by Gasteiger charge is 2.17. The first-order valence-corrected chi connectivity index (χ1v) is 10.6. The maximum absolute atomic E-state index is 13.9. The van der Waals surface area contributed by atoms with Gasteiger partial charge in [-0.3, -0.25) is 14.8 Å². The van der Waals surface area contributed by atoms with E-state index in [4.69, 9.17) is 16.8 Å². The SMILES string of the molecule is N/N=C(/SCC(=O)NCc1cccc(-c2cccnc2)c1)N(N)c1ccc(C(=O)O)c(F)c1. The van der Waals surface area contributed by atoms with Gasteiger partial charge in [0.25, 0.3) is 0 Å². The van der Waals surface area contributed by atoms with Crippen molar-refractivity contribution in [3.63, 3.8) is 0 Å². The van der Waals surface area contributed by atoms with Crippen molar-refractivity contribution in [2.45, 2.75) is 6.54 Å². The number of pyridine rings is 1. The third-order valence-electron chi connectivity index (χ3n) is 4.52. The van der Waals surface area contributed by atoms with Crippen molar-refractivity contribution < 1.29 is 19.1 Å². The van der Waals surface area contributed by atoms with E-state index in [9.17, 15) is 14.0 Å². The summed E-state index contributed by atoms with van der Waals surface area (Å²) in [6.07, 6.45) is 3.47. The second-order valence-electron chi connectivity index (χ2n) is 6.76. The predicted molar refractivity (Wildman–Crippen MR) is 126 cm³/mol. The lowest BCUT2D eigenvalue weighted by Gasteiger charge is -2.19. The number of carbonyl (C=O) groups is 2. The van der Waals surface area contributed by atoms with Gasteiger partial charge in [0.1, 0.15) is 5.82 Å². The van der Waals surface area contributed by atoms with Crippen molar-refractivity contribution in [2.75, 3.05) is 10.8 Å². The molecule has 33 heavy (non-hydrogen) atoms. The van der Waals surface area contributed by atoms with E-state index in [2.05, 4.69) is 15.4 Å². The van der Waals surface area contributed by atoms with E-state index in [0.29, 0.717) is 6.54 Å². The van der Waals surface area contributed by atoms with Crippen LogP contribution in [0.4, 0.5) is 10.1 Å². The Morgan fingerprint density at radius 2 is 1.94 bits per heavy atom. The number of carboxylic acid groups (broad SMARTS) is 1. The highest BCUT2D eigenvalue weighted by Crippen LogP contribution is 2.21. The molecule has 0 aliphatic rings. The number of amidine groups is 1. The van der Waals surface area contributed by atoms with Crippen LogP contribution in [-0.4, -0.2) is 32.9 Å². The fourth-order valence-electron chi connectivity index (χ4n) is 2.88. The molecular weight excluding hydrogens is 447 g/mol. The molecule has 0 aliphatic heterocycles. The molecule has 170 valence electrons. The van der Waals surface area contributed by atoms with Crippen LogP contribution in [-0.2, 0) is 11.3 Å². The molecule has 2 aromatic carbocycles. The van der Waals surface area contributed by atoms with Crippen molar-refractivity contribution >= 4 is 34.5 Å². The largest absolute Gasteiger partial charge is 0.478 e. The molecule has 3 aromatic rings. The van der Waals surface area contributed by atoms with Gasteiger partial charge >= 0.3 is 5.97 Å². The first-order chi connectivity index (χ1) is 15.9. The van der Waals surface area contributed by atoms with Gasteiger partial charge in [0.2, 0.25) is 11.1 Å². The molecule has 0 saturated heterocycles. The second-order valence-corrected chi connectivity index (χ2v) is 7.70. The van der Waals surface area contributed by atoms with E-state index in [-0.39, 0.29) is 22.5 Å². The van der Waals surface area contributed by atoms with Gasteiger partial charge in [0.05, 0.1) is 17.0 Å². The van der Waals surface area contributed by atoms with Crippen molar-refractivity contribution in [3.8, 4) is 11.1 Å². The maximum atomic E-state index is 13.9. The zero-order valence-corrected chi connectivity index (χ0v) is 18.1. The van der Waals surface area contributed by atoms with Crippen LogP contribution in [0.1, 0.15) is 15.9 Å². The molecule has 3 rings (SSSR count). The Morgan fingerprint density at radius 1 is 1.15 bits per heavy atom. The molecule has 0 spiro atoms. The van der Waals surface area contributed by atoms with Crippen molar-refractivity contribution in [1.82, 2.24) is 10.3 Å². The van der Waals surface area contributed by atoms with Gasteiger partial charge in [-0.15, -0.1) is 0 Å². The summed E-state index contributed by atoms with van der Waals surface area (Å²) in [7, 11) is 0. The molecule has 1 amide bonds. The van der Waals surface area contributed by atoms with Crippen LogP contribution in [0.5, 0.6) is 0 Å². The van der Waals surface area contributed by atoms with Crippen molar-refractivity contribution in [3.05, 3.63) is 83.9 Å². The summed E-state index contributed by atoms with van der Waals surface area (Å²) in [5, 5.41) is 16.3. The van der Waals surface area contributed by atoms with Gasteiger partial charge in [-0.2, -0.15) is 5.10 Å². The number of rotatable bonds is 7. The summed E-state index contributed by atoms with van der Waals surface area (Å²) in [5.74, 6) is 8.61. The van der Waals surface area contributed by atoms with E-state index in [1.165, 1.54) is 6.07 Å². The fourth-order valence-corrected chi connectivity index (χ4v) is 3.56. The molecule has 6 N–H and O–H groups in total. The van der Waals surface area contributed by atoms with E-state index in [1.54, 1.807) is 12.4 Å². The average molecular weight is 469 g/mol. The standard InChI is InChI=1S/C22H21FN6O3S/c23-19-10-17(6-7-18(19)21(31)32)29(25)22(28-24)33-13-20(30)27-11-14-3-1-4-15(9-14)16-5-2-8-26-12-16/h1-10,12H,11,13,24-25H2,(H,27,30)(H,31,32)/b28-22+. The normalized spacial score (nSPS) is 11.2. The Labute approximate surface area is 193 Å². The Balaban J connectivity index is 1.55. The number of anilines is 1. The quantitative estimate of drug-likeness (QED) is 0.179. The average Bonchev–Trinajstić information content (AvgIpc) is 2.83. The summed E-state index contributed by atoms with van der Waals surface area (Å²) in [4.78, 5) is 27.4. The molecule has 11 heteroatoms. The topological polar surface area (TPSA) is 147 Å². The number of nitrogens with two attached hydrogens (primary N) is 2. The Hall–Kier alpha value is -3.96. The number of amides is 1. The van der Waals surface area contributed by atoms with Gasteiger partial charge in [0, 0.05) is 18.9 Å². The molecular formula is C22H21FN6O3S. The molecule has 9 nitrogen and oxygen atoms in total. The van der Waals surface area contributed by atoms with Crippen LogP contribution < -0.4 is 22.0 Å². The van der Waals surface area contributed by atoms with Crippen molar-refractivity contribution in [1.29, 1.82) is 0 Å². The Bertz CT molecular complexity index is 1180. The van der Waals surface area contributed by atoms with E-state index in [1.807, 2.05) is 36.4 Å². The zero-order valence-electron chi connectivity index (χ0n) is 17.3. The second kappa shape index (κ2) is 11.1. The van der Waals surface area contributed by atoms with Crippen LogP contribution in [0.15, 0.2) is 72.1 Å². The molecule has 0 fully saturated rings. The Morgan fingerprint density at radius 3 is 2.61 bits per heavy atom. The molecule has 0 atom stereocenters. The first kappa shape index (κ1) is 23.7. The van der Waals surface area contributed by atoms with Gasteiger partial charge in [-0.1, -0.05) is 36.0 Å². The minimum absolute atomic E-state index is 0.0400. The molecule has 0 aliphatic carbocycles. The van der Waals surface area contributed by atoms with E-state index < -0.39 is 17.3 Å². The van der Waals surface area contributed by atoms with Gasteiger partial charge in [-0.25, -0.2) is 15.0 Å². The van der Waals surface area contributed by atoms with Crippen LogP contribution in [0.3, 0.4) is 0 Å². The summed E-state index contributed by atoms with van der Waals surface area (Å²) in [6.45, 7) is 0.316. The number of halogens is 1. The maximum Gasteiger partial charge on any atom is 0.338 e. The summed E-state index contributed by atoms with van der Waals surface area (Å²) in [5.41, 5.74) is 2.51. The number of carbonyl (C=O) groups excluding carboxylic acids is 1. The van der Waals surface area contributed by atoms with Gasteiger partial charge in [0.15, 0.2) is 0 Å². The molecule has 0 bridgehead atoms. The lowest BCUT2D eigenvalue weighted by atomic mass is 10.0. The van der Waals surface area contributed by atoms with Gasteiger partial charge < -0.3 is 16.3 Å². The minimum atomic E-state index is -1.40.